The number of aromatic nitrogens is 2. The van der Waals surface area contributed by atoms with Crippen LogP contribution in [0.25, 0.3) is 16.9 Å². The average Bonchev–Trinajstić information content (AvgIpc) is 3.44. The Kier molecular flexibility index (Phi) is 7.74. The minimum absolute atomic E-state index is 0. The highest BCUT2D eigenvalue weighted by Crippen LogP contribution is 2.46. The number of hydrogen-bond donors (Lipinski definition) is 0. The van der Waals surface area contributed by atoms with Crippen molar-refractivity contribution in [2.45, 2.75) is 25.3 Å². The quantitative estimate of drug-likeness (QED) is 0.308. The molecule has 3 heterocycles. The molecular formula is C29H29Cl2FN4O. The summed E-state index contributed by atoms with van der Waals surface area (Å²) in [6, 6.07) is 22.4. The number of likely N-dealkylation sites (tertiary alicyclic amines) is 1. The molecule has 2 atom stereocenters. The fraction of sp³-hybridized carbons (Fsp3) is 0.241. The molecule has 2 aliphatic heterocycles. The van der Waals surface area contributed by atoms with Gasteiger partial charge in [-0.3, -0.25) is 4.79 Å². The second kappa shape index (κ2) is 10.7. The van der Waals surface area contributed by atoms with Crippen molar-refractivity contribution in [3.8, 4) is 16.9 Å². The smallest absolute Gasteiger partial charge is 0.262 e. The third-order valence-electron chi connectivity index (χ3n) is 7.25. The number of halogens is 3. The Labute approximate surface area is 228 Å². The third kappa shape index (κ3) is 4.77. The van der Waals surface area contributed by atoms with Gasteiger partial charge >= 0.3 is 0 Å². The van der Waals surface area contributed by atoms with Gasteiger partial charge in [0.1, 0.15) is 11.5 Å². The first-order chi connectivity index (χ1) is 17.0. The maximum Gasteiger partial charge on any atom is 0.262 e. The molecular weight excluding hydrogens is 510 g/mol. The van der Waals surface area contributed by atoms with Gasteiger partial charge in [0, 0.05) is 36.0 Å². The van der Waals surface area contributed by atoms with Gasteiger partial charge in [-0.2, -0.15) is 5.10 Å². The Bertz CT molecular complexity index is 1410. The first kappa shape index (κ1) is 26.9. The third-order valence-corrected chi connectivity index (χ3v) is 7.25. The number of fused-ring (bicyclic) bond motifs is 3. The van der Waals surface area contributed by atoms with Crippen LogP contribution in [0.2, 0.25) is 0 Å². The van der Waals surface area contributed by atoms with Crippen LogP contribution in [0.5, 0.6) is 0 Å². The topological polar surface area (TPSA) is 41.4 Å². The van der Waals surface area contributed by atoms with E-state index < -0.39 is 0 Å². The molecule has 8 heteroatoms. The molecule has 192 valence electrons. The second-order valence-electron chi connectivity index (χ2n) is 9.64. The molecule has 0 N–H and O–H groups in total. The Morgan fingerprint density at radius 3 is 2.46 bits per heavy atom. The zero-order valence-corrected chi connectivity index (χ0v) is 22.3. The molecule has 0 spiro atoms. The lowest BCUT2D eigenvalue weighted by atomic mass is 9.88. The lowest BCUT2D eigenvalue weighted by Gasteiger charge is -2.36. The van der Waals surface area contributed by atoms with Crippen molar-refractivity contribution in [1.82, 2.24) is 14.7 Å². The standard InChI is InChI=1S/C29H27FN4O.2ClH/c1-19-8-13-26-23(16-19)24-17-32(2)15-14-27(24)34(26)29(35)25-18-33(22-6-4-3-5-7-22)31-28(25)20-9-11-21(30)12-10-20;;/h3-13,16,18,24,27H,14-15,17H2,1-2H3;2*1H. The average molecular weight is 539 g/mol. The van der Waals surface area contributed by atoms with Crippen LogP contribution in [0.15, 0.2) is 79.0 Å². The van der Waals surface area contributed by atoms with Gasteiger partial charge in [0.2, 0.25) is 0 Å². The Balaban J connectivity index is 0.00000160. The molecule has 0 bridgehead atoms. The summed E-state index contributed by atoms with van der Waals surface area (Å²) in [5.74, 6) is -0.0955. The number of carbonyl (C=O) groups excluding carboxylic acids is 1. The molecule has 1 aromatic heterocycles. The van der Waals surface area contributed by atoms with E-state index in [1.54, 1.807) is 16.8 Å². The molecule has 37 heavy (non-hydrogen) atoms. The fourth-order valence-electron chi connectivity index (χ4n) is 5.54. The lowest BCUT2D eigenvalue weighted by Crippen LogP contribution is -2.47. The normalized spacial score (nSPS) is 18.4. The zero-order valence-electron chi connectivity index (χ0n) is 20.7. The van der Waals surface area contributed by atoms with Crippen molar-refractivity contribution < 1.29 is 9.18 Å². The summed E-state index contributed by atoms with van der Waals surface area (Å²) in [5.41, 5.74) is 6.10. The van der Waals surface area contributed by atoms with Crippen molar-refractivity contribution >= 4 is 36.4 Å². The number of rotatable bonds is 3. The molecule has 0 radical (unpaired) electrons. The summed E-state index contributed by atoms with van der Waals surface area (Å²) < 4.78 is 15.4. The number of carbonyl (C=O) groups is 1. The number of nitrogens with zero attached hydrogens (tertiary/aromatic N) is 4. The molecule has 5 nitrogen and oxygen atoms in total. The van der Waals surface area contributed by atoms with Crippen molar-refractivity contribution in [3.05, 3.63) is 102 Å². The molecule has 2 aliphatic rings. The monoisotopic (exact) mass is 538 g/mol. The van der Waals surface area contributed by atoms with Crippen LogP contribution >= 0.6 is 24.8 Å². The second-order valence-corrected chi connectivity index (χ2v) is 9.64. The van der Waals surface area contributed by atoms with Crippen LogP contribution in [-0.2, 0) is 0 Å². The van der Waals surface area contributed by atoms with Gasteiger partial charge in [0.05, 0.1) is 11.3 Å². The van der Waals surface area contributed by atoms with E-state index in [4.69, 9.17) is 5.10 Å². The van der Waals surface area contributed by atoms with E-state index in [2.05, 4.69) is 37.1 Å². The van der Waals surface area contributed by atoms with Crippen LogP contribution in [0.1, 0.15) is 33.8 Å². The minimum Gasteiger partial charge on any atom is -0.306 e. The first-order valence-corrected chi connectivity index (χ1v) is 12.0. The number of anilines is 1. The summed E-state index contributed by atoms with van der Waals surface area (Å²) >= 11 is 0. The Morgan fingerprint density at radius 2 is 1.73 bits per heavy atom. The van der Waals surface area contributed by atoms with E-state index in [0.717, 1.165) is 30.9 Å². The summed E-state index contributed by atoms with van der Waals surface area (Å²) in [6.07, 6.45) is 2.73. The van der Waals surface area contributed by atoms with Crippen molar-refractivity contribution in [2.24, 2.45) is 0 Å². The number of aryl methyl sites for hydroxylation is 1. The number of benzene rings is 3. The first-order valence-electron chi connectivity index (χ1n) is 12.0. The predicted octanol–water partition coefficient (Wildman–Crippen LogP) is 6.28. The molecule has 0 saturated carbocycles. The van der Waals surface area contributed by atoms with E-state index in [-0.39, 0.29) is 48.5 Å². The summed E-state index contributed by atoms with van der Waals surface area (Å²) in [6.45, 7) is 3.98. The molecule has 3 aromatic carbocycles. The van der Waals surface area contributed by atoms with Crippen LogP contribution in [0.4, 0.5) is 10.1 Å². The van der Waals surface area contributed by atoms with Crippen LogP contribution < -0.4 is 4.90 Å². The molecule has 0 aliphatic carbocycles. The van der Waals surface area contributed by atoms with Crippen LogP contribution in [0, 0.1) is 12.7 Å². The van der Waals surface area contributed by atoms with E-state index in [1.807, 2.05) is 41.4 Å². The van der Waals surface area contributed by atoms with Crippen LogP contribution in [0.3, 0.4) is 0 Å². The molecule has 1 saturated heterocycles. The number of piperidine rings is 1. The number of hydrogen-bond acceptors (Lipinski definition) is 3. The van der Waals surface area contributed by atoms with E-state index in [9.17, 15) is 9.18 Å². The van der Waals surface area contributed by atoms with Crippen LogP contribution in [-0.4, -0.2) is 46.8 Å². The highest BCUT2D eigenvalue weighted by Gasteiger charge is 2.44. The zero-order chi connectivity index (χ0) is 24.1. The maximum atomic E-state index is 14.3. The van der Waals surface area contributed by atoms with E-state index in [1.165, 1.54) is 23.3 Å². The predicted molar refractivity (Wildman–Crippen MR) is 150 cm³/mol. The summed E-state index contributed by atoms with van der Waals surface area (Å²) in [5, 5.41) is 4.80. The molecule has 1 fully saturated rings. The van der Waals surface area contributed by atoms with Gasteiger partial charge in [-0.15, -0.1) is 24.8 Å². The maximum absolute atomic E-state index is 14.3. The molecule has 1 amide bonds. The largest absolute Gasteiger partial charge is 0.306 e. The van der Waals surface area contributed by atoms with Gasteiger partial charge in [0.15, 0.2) is 0 Å². The van der Waals surface area contributed by atoms with Gasteiger partial charge in [0.25, 0.3) is 5.91 Å². The van der Waals surface area contributed by atoms with Gasteiger partial charge in [-0.05, 0) is 75.0 Å². The highest BCUT2D eigenvalue weighted by molar-refractivity contribution is 6.11. The van der Waals surface area contributed by atoms with Gasteiger partial charge in [-0.25, -0.2) is 9.07 Å². The number of likely N-dealkylation sites (N-methyl/N-ethyl adjacent to an activating group) is 1. The highest BCUT2D eigenvalue weighted by atomic mass is 35.5. The Morgan fingerprint density at radius 1 is 1.00 bits per heavy atom. The van der Waals surface area contributed by atoms with Crippen molar-refractivity contribution in [1.29, 1.82) is 0 Å². The summed E-state index contributed by atoms with van der Waals surface area (Å²) in [7, 11) is 2.15. The van der Waals surface area contributed by atoms with Gasteiger partial charge in [-0.1, -0.05) is 35.9 Å². The molecule has 2 unspecified atom stereocenters. The fourth-order valence-corrected chi connectivity index (χ4v) is 5.54. The van der Waals surface area contributed by atoms with Gasteiger partial charge < -0.3 is 9.80 Å². The summed E-state index contributed by atoms with van der Waals surface area (Å²) in [4.78, 5) is 18.7. The number of amides is 1. The number of para-hydroxylation sites is 1. The van der Waals surface area contributed by atoms with E-state index >= 15 is 0 Å². The van der Waals surface area contributed by atoms with Crippen molar-refractivity contribution in [2.75, 3.05) is 25.0 Å². The molecule has 6 rings (SSSR count). The van der Waals surface area contributed by atoms with E-state index in [0.29, 0.717) is 16.8 Å². The van der Waals surface area contributed by atoms with Crippen molar-refractivity contribution in [3.63, 3.8) is 0 Å². The Hall–Kier alpha value is -3.19. The minimum atomic E-state index is -0.317. The lowest BCUT2D eigenvalue weighted by molar-refractivity contribution is 0.0965. The SMILES string of the molecule is Cc1ccc2c(c1)C1CN(C)CCC1N2C(=O)c1cn(-c2ccccc2)nc1-c1ccc(F)cc1.Cl.Cl. The molecule has 4 aromatic rings.